The molecule has 0 fully saturated rings. The summed E-state index contributed by atoms with van der Waals surface area (Å²) in [7, 11) is 1.54. The third-order valence-corrected chi connectivity index (χ3v) is 12.7. The monoisotopic (exact) mass is 920 g/mol. The highest BCUT2D eigenvalue weighted by atomic mass is 31.2. The van der Waals surface area contributed by atoms with Crippen LogP contribution in [0.4, 0.5) is 0 Å². The van der Waals surface area contributed by atoms with Gasteiger partial charge in [0, 0.05) is 6.42 Å². The Hall–Kier alpha value is -1.80. The molecule has 9 heteroatoms. The van der Waals surface area contributed by atoms with Crippen molar-refractivity contribution in [1.29, 1.82) is 0 Å². The van der Waals surface area contributed by atoms with Crippen molar-refractivity contribution in [2.45, 2.75) is 244 Å². The average Bonchev–Trinajstić information content (AvgIpc) is 3.25. The first-order valence-electron chi connectivity index (χ1n) is 26.7. The fraction of sp³-hybridized carbons (Fsp3) is 0.800. The number of amides is 1. The van der Waals surface area contributed by atoms with Gasteiger partial charge in [-0.15, -0.1) is 0 Å². The first kappa shape index (κ1) is 62.2. The van der Waals surface area contributed by atoms with Crippen LogP contribution in [-0.4, -0.2) is 73.4 Å². The van der Waals surface area contributed by atoms with Crippen LogP contribution in [0.25, 0.3) is 0 Å². The highest BCUT2D eigenvalue weighted by Gasteiger charge is 2.27. The van der Waals surface area contributed by atoms with E-state index in [9.17, 15) is 19.4 Å². The molecular weight excluding hydrogens is 816 g/mol. The molecule has 0 aromatic rings. The van der Waals surface area contributed by atoms with Crippen molar-refractivity contribution < 1.29 is 32.9 Å². The number of carbonyl (C=O) groups is 1. The molecular formula is C55H104N2O6P+. The second-order valence-corrected chi connectivity index (χ2v) is 20.7. The van der Waals surface area contributed by atoms with Crippen molar-refractivity contribution in [3.8, 4) is 0 Å². The van der Waals surface area contributed by atoms with Crippen molar-refractivity contribution >= 4 is 13.7 Å². The molecule has 64 heavy (non-hydrogen) atoms. The predicted octanol–water partition coefficient (Wildman–Crippen LogP) is 15.8. The summed E-state index contributed by atoms with van der Waals surface area (Å²) in [5.41, 5.74) is 0. The van der Waals surface area contributed by atoms with Gasteiger partial charge in [0.25, 0.3) is 0 Å². The van der Waals surface area contributed by atoms with Gasteiger partial charge in [-0.3, -0.25) is 13.8 Å². The van der Waals surface area contributed by atoms with Crippen LogP contribution in [0.1, 0.15) is 232 Å². The molecule has 1 amide bonds. The SMILES string of the molecule is CCCCCCCCC/C=C/CC/C=C/CC/C=C/C(O)C(COP(=O)(O)OCC[N+](C)(C)C)NC(=O)CCCCCCCCCCC/C=C\C/C=C\CCCCCCCCCCC. The van der Waals surface area contributed by atoms with Gasteiger partial charge >= 0.3 is 7.82 Å². The number of aliphatic hydroxyl groups excluding tert-OH is 1. The van der Waals surface area contributed by atoms with Crippen LogP contribution < -0.4 is 5.32 Å². The Morgan fingerprint density at radius 2 is 0.906 bits per heavy atom. The highest BCUT2D eigenvalue weighted by Crippen LogP contribution is 2.43. The molecule has 0 bridgehead atoms. The number of hydrogen-bond donors (Lipinski definition) is 3. The number of nitrogens with one attached hydrogen (secondary N) is 1. The molecule has 0 rings (SSSR count). The first-order valence-corrected chi connectivity index (χ1v) is 28.2. The molecule has 0 aliphatic rings. The molecule has 0 aliphatic heterocycles. The Labute approximate surface area is 396 Å². The van der Waals surface area contributed by atoms with E-state index >= 15 is 0 Å². The number of unbranched alkanes of at least 4 members (excludes halogenated alkanes) is 27. The topological polar surface area (TPSA) is 105 Å². The molecule has 0 heterocycles. The summed E-state index contributed by atoms with van der Waals surface area (Å²) in [4.78, 5) is 23.2. The van der Waals surface area contributed by atoms with E-state index < -0.39 is 20.0 Å². The lowest BCUT2D eigenvalue weighted by atomic mass is 10.1. The molecule has 0 spiro atoms. The molecule has 0 radical (unpaired) electrons. The van der Waals surface area contributed by atoms with E-state index in [0.717, 1.165) is 51.4 Å². The number of carbonyl (C=O) groups excluding carboxylic acids is 1. The Bertz CT molecular complexity index is 1230. The number of hydrogen-bond acceptors (Lipinski definition) is 5. The van der Waals surface area contributed by atoms with E-state index in [1.807, 2.05) is 27.2 Å². The standard InChI is InChI=1S/C55H103N2O6P/c1-6-8-10-12-14-16-18-20-22-24-25-26-27-28-29-30-31-33-35-37-39-41-43-45-47-49-55(59)56-53(52-63-64(60,61)62-51-50-57(3,4)5)54(58)48-46-44-42-40-38-36-34-32-23-21-19-17-15-13-11-9-7-2/h23,25-26,28-29,32,38,40,46,48,53-54,58H,6-22,24,27,30-31,33-37,39,41-45,47,49-52H2,1-5H3,(H-,56,59,60,61)/p+1/b26-25-,29-28-,32-23+,40-38+,48-46+. The van der Waals surface area contributed by atoms with E-state index in [4.69, 9.17) is 9.05 Å². The van der Waals surface area contributed by atoms with Crippen molar-refractivity contribution in [1.82, 2.24) is 5.32 Å². The van der Waals surface area contributed by atoms with Crippen LogP contribution in [-0.2, 0) is 18.4 Å². The number of allylic oxidation sites excluding steroid dienone is 9. The Morgan fingerprint density at radius 1 is 0.531 bits per heavy atom. The first-order chi connectivity index (χ1) is 31.0. The van der Waals surface area contributed by atoms with Crippen LogP contribution >= 0.6 is 7.82 Å². The lowest BCUT2D eigenvalue weighted by molar-refractivity contribution is -0.870. The smallest absolute Gasteiger partial charge is 0.387 e. The van der Waals surface area contributed by atoms with Crippen molar-refractivity contribution in [3.05, 3.63) is 60.8 Å². The van der Waals surface area contributed by atoms with Crippen LogP contribution in [0.2, 0.25) is 0 Å². The van der Waals surface area contributed by atoms with Crippen LogP contribution in [0, 0.1) is 0 Å². The summed E-state index contributed by atoms with van der Waals surface area (Å²) >= 11 is 0. The Morgan fingerprint density at radius 3 is 1.34 bits per heavy atom. The molecule has 0 aromatic heterocycles. The van der Waals surface area contributed by atoms with Gasteiger partial charge in [-0.1, -0.05) is 209 Å². The lowest BCUT2D eigenvalue weighted by Crippen LogP contribution is -2.45. The number of phosphoric ester groups is 1. The van der Waals surface area contributed by atoms with Gasteiger partial charge < -0.3 is 19.8 Å². The van der Waals surface area contributed by atoms with Crippen LogP contribution in [0.15, 0.2) is 60.8 Å². The molecule has 0 aliphatic carbocycles. The van der Waals surface area contributed by atoms with Gasteiger partial charge in [0.15, 0.2) is 0 Å². The summed E-state index contributed by atoms with van der Waals surface area (Å²) in [6.45, 7) is 4.78. The summed E-state index contributed by atoms with van der Waals surface area (Å²) in [6, 6.07) is -0.874. The average molecular weight is 920 g/mol. The van der Waals surface area contributed by atoms with Crippen molar-refractivity contribution in [3.63, 3.8) is 0 Å². The number of phosphoric acid groups is 1. The lowest BCUT2D eigenvalue weighted by Gasteiger charge is -2.25. The predicted molar refractivity (Wildman–Crippen MR) is 277 cm³/mol. The van der Waals surface area contributed by atoms with E-state index in [1.54, 1.807) is 6.08 Å². The normalized spacial score (nSPS) is 14.5. The number of rotatable bonds is 48. The molecule has 8 nitrogen and oxygen atoms in total. The van der Waals surface area contributed by atoms with Crippen molar-refractivity contribution in [2.75, 3.05) is 40.9 Å². The zero-order chi connectivity index (χ0) is 47.1. The Kier molecular flexibility index (Phi) is 45.0. The van der Waals surface area contributed by atoms with Crippen LogP contribution in [0.3, 0.4) is 0 Å². The van der Waals surface area contributed by atoms with E-state index in [2.05, 4.69) is 67.8 Å². The second kappa shape index (κ2) is 46.3. The molecule has 0 saturated carbocycles. The number of nitrogens with zero attached hydrogens (tertiary/aromatic N) is 1. The quantitative estimate of drug-likeness (QED) is 0.0243. The fourth-order valence-corrected chi connectivity index (χ4v) is 8.19. The minimum atomic E-state index is -4.36. The maximum Gasteiger partial charge on any atom is 0.472 e. The van der Waals surface area contributed by atoms with Gasteiger partial charge in [-0.05, 0) is 77.0 Å². The zero-order valence-electron chi connectivity index (χ0n) is 42.5. The zero-order valence-corrected chi connectivity index (χ0v) is 43.4. The summed E-state index contributed by atoms with van der Waals surface area (Å²) < 4.78 is 23.6. The minimum absolute atomic E-state index is 0.0508. The van der Waals surface area contributed by atoms with Gasteiger partial charge in [0.05, 0.1) is 39.9 Å². The maximum absolute atomic E-state index is 12.9. The summed E-state index contributed by atoms with van der Waals surface area (Å²) in [5.74, 6) is -0.196. The summed E-state index contributed by atoms with van der Waals surface area (Å²) in [6.07, 6.45) is 61.7. The van der Waals surface area contributed by atoms with Crippen molar-refractivity contribution in [2.24, 2.45) is 0 Å². The minimum Gasteiger partial charge on any atom is -0.387 e. The van der Waals surface area contributed by atoms with E-state index in [0.29, 0.717) is 17.4 Å². The van der Waals surface area contributed by atoms with E-state index in [-0.39, 0.29) is 19.1 Å². The number of quaternary nitrogens is 1. The molecule has 0 saturated heterocycles. The molecule has 3 atom stereocenters. The molecule has 3 unspecified atom stereocenters. The molecule has 374 valence electrons. The maximum atomic E-state index is 12.9. The van der Waals surface area contributed by atoms with Gasteiger partial charge in [-0.2, -0.15) is 0 Å². The van der Waals surface area contributed by atoms with Crippen LogP contribution in [0.5, 0.6) is 0 Å². The fourth-order valence-electron chi connectivity index (χ4n) is 7.46. The highest BCUT2D eigenvalue weighted by molar-refractivity contribution is 7.47. The third kappa shape index (κ3) is 48.1. The largest absolute Gasteiger partial charge is 0.472 e. The van der Waals surface area contributed by atoms with Gasteiger partial charge in [0.2, 0.25) is 5.91 Å². The Balaban J connectivity index is 4.32. The van der Waals surface area contributed by atoms with E-state index in [1.165, 1.54) is 161 Å². The van der Waals surface area contributed by atoms with Gasteiger partial charge in [-0.25, -0.2) is 4.57 Å². The molecule has 3 N–H and O–H groups in total. The third-order valence-electron chi connectivity index (χ3n) is 11.7. The molecule has 0 aromatic carbocycles. The van der Waals surface area contributed by atoms with Gasteiger partial charge in [0.1, 0.15) is 13.2 Å². The second-order valence-electron chi connectivity index (χ2n) is 19.2. The number of aliphatic hydroxyl groups is 1. The summed E-state index contributed by atoms with van der Waals surface area (Å²) in [5, 5.41) is 13.9. The number of likely N-dealkylation sites (N-methyl/N-ethyl adjacent to an activating group) is 1.